The highest BCUT2D eigenvalue weighted by atomic mass is 35.5. The van der Waals surface area contributed by atoms with E-state index >= 15 is 0 Å². The van der Waals surface area contributed by atoms with E-state index < -0.39 is 5.54 Å². The second-order valence-electron chi connectivity index (χ2n) is 4.33. The van der Waals surface area contributed by atoms with Gasteiger partial charge in [-0.05, 0) is 24.3 Å². The number of carbonyl (C=O) groups is 1. The molecule has 1 aromatic heterocycles. The molecule has 1 fully saturated rings. The van der Waals surface area contributed by atoms with Crippen LogP contribution in [0.2, 0.25) is 5.02 Å². The van der Waals surface area contributed by atoms with Gasteiger partial charge in [-0.3, -0.25) is 4.79 Å². The first-order valence-electron chi connectivity index (χ1n) is 5.62. The van der Waals surface area contributed by atoms with Crippen LogP contribution in [0, 0.1) is 0 Å². The van der Waals surface area contributed by atoms with E-state index in [1.165, 1.54) is 11.3 Å². The Balaban J connectivity index is 2.21. The molecule has 0 spiro atoms. The predicted octanol–water partition coefficient (Wildman–Crippen LogP) is 2.19. The largest absolute Gasteiger partial charge is 0.409 e. The molecule has 0 radical (unpaired) electrons. The molecule has 4 N–H and O–H groups in total. The highest BCUT2D eigenvalue weighted by Gasteiger charge is 2.40. The van der Waals surface area contributed by atoms with E-state index in [1.807, 2.05) is 0 Å². The lowest BCUT2D eigenvalue weighted by molar-refractivity contribution is 0.0927. The van der Waals surface area contributed by atoms with Gasteiger partial charge in [-0.1, -0.05) is 29.6 Å². The molecule has 0 aliphatic heterocycles. The van der Waals surface area contributed by atoms with Gasteiger partial charge in [-0.2, -0.15) is 0 Å². The topological polar surface area (TPSA) is 87.7 Å². The third-order valence-electron chi connectivity index (χ3n) is 3.23. The van der Waals surface area contributed by atoms with E-state index in [1.54, 1.807) is 11.4 Å². The van der Waals surface area contributed by atoms with Gasteiger partial charge < -0.3 is 16.3 Å². The summed E-state index contributed by atoms with van der Waals surface area (Å²) in [5.74, 6) is -0.218. The predicted molar refractivity (Wildman–Crippen MR) is 71.4 cm³/mol. The van der Waals surface area contributed by atoms with Gasteiger partial charge in [0.1, 0.15) is 10.4 Å². The van der Waals surface area contributed by atoms with Gasteiger partial charge in [0, 0.05) is 0 Å². The number of nitrogens with two attached hydrogens (primary N) is 1. The average molecular weight is 288 g/mol. The number of thiophene rings is 1. The zero-order valence-corrected chi connectivity index (χ0v) is 11.2. The number of carbonyl (C=O) groups excluding carboxylic acids is 1. The second kappa shape index (κ2) is 5.16. The molecular formula is C11H14ClN3O2S. The van der Waals surface area contributed by atoms with Crippen LogP contribution in [-0.2, 0) is 0 Å². The van der Waals surface area contributed by atoms with E-state index in [2.05, 4.69) is 10.5 Å². The number of oxime groups is 1. The van der Waals surface area contributed by atoms with Crippen LogP contribution in [0.3, 0.4) is 0 Å². The van der Waals surface area contributed by atoms with E-state index in [-0.39, 0.29) is 11.7 Å². The van der Waals surface area contributed by atoms with Crippen molar-refractivity contribution < 1.29 is 10.0 Å². The minimum Gasteiger partial charge on any atom is -0.409 e. The third-order valence-corrected chi connectivity index (χ3v) is 4.57. The van der Waals surface area contributed by atoms with Gasteiger partial charge in [-0.15, -0.1) is 11.3 Å². The van der Waals surface area contributed by atoms with Crippen LogP contribution in [0.4, 0.5) is 0 Å². The summed E-state index contributed by atoms with van der Waals surface area (Å²) in [5.41, 5.74) is 4.97. The highest BCUT2D eigenvalue weighted by Crippen LogP contribution is 2.31. The SMILES string of the molecule is N/C(=N/O)C1(NC(=O)c2sccc2Cl)CCCC1. The fraction of sp³-hybridized carbons (Fsp3) is 0.455. The lowest BCUT2D eigenvalue weighted by Crippen LogP contribution is -2.55. The maximum absolute atomic E-state index is 12.1. The van der Waals surface area contributed by atoms with Crippen LogP contribution < -0.4 is 11.1 Å². The van der Waals surface area contributed by atoms with Crippen LogP contribution in [-0.4, -0.2) is 22.5 Å². The Kier molecular flexibility index (Phi) is 3.77. The summed E-state index contributed by atoms with van der Waals surface area (Å²) in [6.45, 7) is 0. The van der Waals surface area contributed by atoms with Crippen LogP contribution in [0.25, 0.3) is 0 Å². The molecule has 1 aliphatic carbocycles. The molecule has 1 aromatic rings. The van der Waals surface area contributed by atoms with E-state index in [0.29, 0.717) is 22.7 Å². The molecule has 18 heavy (non-hydrogen) atoms. The molecule has 0 saturated heterocycles. The number of amides is 1. The number of halogens is 1. The van der Waals surface area contributed by atoms with Crippen molar-refractivity contribution in [3.63, 3.8) is 0 Å². The van der Waals surface area contributed by atoms with Crippen LogP contribution in [0.5, 0.6) is 0 Å². The number of nitrogens with one attached hydrogen (secondary N) is 1. The van der Waals surface area contributed by atoms with Gasteiger partial charge in [0.25, 0.3) is 5.91 Å². The van der Waals surface area contributed by atoms with Gasteiger partial charge in [0.15, 0.2) is 5.84 Å². The molecule has 7 heteroatoms. The zero-order valence-electron chi connectivity index (χ0n) is 9.65. The molecule has 0 unspecified atom stereocenters. The van der Waals surface area contributed by atoms with Crippen LogP contribution in [0.1, 0.15) is 35.4 Å². The summed E-state index contributed by atoms with van der Waals surface area (Å²) < 4.78 is 0. The maximum Gasteiger partial charge on any atom is 0.263 e. The number of nitrogens with zero attached hydrogens (tertiary/aromatic N) is 1. The first-order chi connectivity index (χ1) is 8.59. The quantitative estimate of drug-likeness (QED) is 0.345. The Labute approximate surface area is 114 Å². The Bertz CT molecular complexity index is 480. The van der Waals surface area contributed by atoms with E-state index in [4.69, 9.17) is 22.5 Å². The van der Waals surface area contributed by atoms with Crippen molar-refractivity contribution in [3.8, 4) is 0 Å². The molecule has 98 valence electrons. The molecule has 0 atom stereocenters. The molecule has 1 heterocycles. The number of rotatable bonds is 3. The average Bonchev–Trinajstić information content (AvgIpc) is 2.97. The van der Waals surface area contributed by atoms with E-state index in [0.717, 1.165) is 12.8 Å². The minimum absolute atomic E-state index is 0.0565. The smallest absolute Gasteiger partial charge is 0.263 e. The highest BCUT2D eigenvalue weighted by molar-refractivity contribution is 7.12. The Hall–Kier alpha value is -1.27. The van der Waals surface area contributed by atoms with Crippen molar-refractivity contribution in [2.24, 2.45) is 10.9 Å². The summed E-state index contributed by atoms with van der Waals surface area (Å²) in [6.07, 6.45) is 3.23. The van der Waals surface area contributed by atoms with Gasteiger partial charge in [0.2, 0.25) is 0 Å². The van der Waals surface area contributed by atoms with Gasteiger partial charge >= 0.3 is 0 Å². The Morgan fingerprint density at radius 1 is 1.56 bits per heavy atom. The first kappa shape index (κ1) is 13.2. The molecule has 1 aliphatic rings. The zero-order chi connectivity index (χ0) is 13.2. The van der Waals surface area contributed by atoms with Gasteiger partial charge in [0.05, 0.1) is 5.02 Å². The summed E-state index contributed by atoms with van der Waals surface area (Å²) >= 11 is 7.19. The molecular weight excluding hydrogens is 274 g/mol. The fourth-order valence-electron chi connectivity index (χ4n) is 2.25. The Morgan fingerprint density at radius 3 is 2.72 bits per heavy atom. The standard InChI is InChI=1S/C11H14ClN3O2S/c12-7-3-6-18-8(7)9(16)14-11(10(13)15-17)4-1-2-5-11/h3,6,17H,1-2,4-5H2,(H2,13,15)(H,14,16). The summed E-state index contributed by atoms with van der Waals surface area (Å²) in [5, 5.41) is 16.9. The third kappa shape index (κ3) is 2.30. The lowest BCUT2D eigenvalue weighted by atomic mass is 9.96. The summed E-state index contributed by atoms with van der Waals surface area (Å²) in [6, 6.07) is 1.67. The second-order valence-corrected chi connectivity index (χ2v) is 5.65. The van der Waals surface area contributed by atoms with E-state index in [9.17, 15) is 4.79 Å². The van der Waals surface area contributed by atoms with Crippen molar-refractivity contribution in [2.45, 2.75) is 31.2 Å². The molecule has 5 nitrogen and oxygen atoms in total. The molecule has 0 bridgehead atoms. The minimum atomic E-state index is -0.737. The molecule has 2 rings (SSSR count). The molecule has 1 saturated carbocycles. The van der Waals surface area contributed by atoms with Crippen molar-refractivity contribution in [1.82, 2.24) is 5.32 Å². The molecule has 0 aromatic carbocycles. The number of hydrogen-bond donors (Lipinski definition) is 3. The molecule has 1 amide bonds. The maximum atomic E-state index is 12.1. The number of hydrogen-bond acceptors (Lipinski definition) is 4. The van der Waals surface area contributed by atoms with Crippen LogP contribution in [0.15, 0.2) is 16.6 Å². The fourth-order valence-corrected chi connectivity index (χ4v) is 3.29. The van der Waals surface area contributed by atoms with Crippen molar-refractivity contribution in [2.75, 3.05) is 0 Å². The first-order valence-corrected chi connectivity index (χ1v) is 6.88. The lowest BCUT2D eigenvalue weighted by Gasteiger charge is -2.28. The summed E-state index contributed by atoms with van der Waals surface area (Å²) in [4.78, 5) is 12.6. The summed E-state index contributed by atoms with van der Waals surface area (Å²) in [7, 11) is 0. The number of amidine groups is 1. The van der Waals surface area contributed by atoms with Crippen molar-refractivity contribution in [1.29, 1.82) is 0 Å². The monoisotopic (exact) mass is 287 g/mol. The van der Waals surface area contributed by atoms with Crippen LogP contribution >= 0.6 is 22.9 Å². The Morgan fingerprint density at radius 2 is 2.22 bits per heavy atom. The van der Waals surface area contributed by atoms with Crippen molar-refractivity contribution in [3.05, 3.63) is 21.3 Å². The van der Waals surface area contributed by atoms with Gasteiger partial charge in [-0.25, -0.2) is 0 Å². The van der Waals surface area contributed by atoms with Crippen molar-refractivity contribution >= 4 is 34.7 Å². The normalized spacial score (nSPS) is 18.8.